The van der Waals surface area contributed by atoms with Crippen LogP contribution in [0.1, 0.15) is 11.1 Å². The van der Waals surface area contributed by atoms with Crippen LogP contribution in [0.15, 0.2) is 52.3 Å². The molecule has 6 heteroatoms. The molecule has 2 N–H and O–H groups in total. The quantitative estimate of drug-likeness (QED) is 0.859. The van der Waals surface area contributed by atoms with E-state index in [1.165, 1.54) is 30.2 Å². The van der Waals surface area contributed by atoms with Gasteiger partial charge in [-0.15, -0.1) is 11.8 Å². The molecule has 0 amide bonds. The molecule has 2 aromatic rings. The molecule has 0 heterocycles. The summed E-state index contributed by atoms with van der Waals surface area (Å²) in [5.41, 5.74) is 7.41. The van der Waals surface area contributed by atoms with Gasteiger partial charge < -0.3 is 5.73 Å². The maximum absolute atomic E-state index is 13.3. The average molecular weight is 325 g/mol. The summed E-state index contributed by atoms with van der Waals surface area (Å²) in [5, 5.41) is 0. The van der Waals surface area contributed by atoms with Gasteiger partial charge in [0.25, 0.3) is 0 Å². The van der Waals surface area contributed by atoms with Crippen LogP contribution in [0.3, 0.4) is 0 Å². The molecule has 0 aliphatic carbocycles. The van der Waals surface area contributed by atoms with Crippen molar-refractivity contribution in [3.63, 3.8) is 0 Å². The van der Waals surface area contributed by atoms with Gasteiger partial charge in [-0.1, -0.05) is 6.07 Å². The Bertz CT molecular complexity index is 728. The summed E-state index contributed by atoms with van der Waals surface area (Å²) in [4.78, 5) is 1.22. The SMILES string of the molecule is CS(=O)(=O)c1ccc(SCc2cc(F)ccc2CN)cc1. The molecule has 0 saturated heterocycles. The summed E-state index contributed by atoms with van der Waals surface area (Å²) in [7, 11) is -3.18. The second-order valence-electron chi connectivity index (χ2n) is 4.65. The van der Waals surface area contributed by atoms with Crippen molar-refractivity contribution >= 4 is 21.6 Å². The van der Waals surface area contributed by atoms with E-state index < -0.39 is 9.84 Å². The van der Waals surface area contributed by atoms with Gasteiger partial charge in [0.05, 0.1) is 4.90 Å². The fourth-order valence-electron chi connectivity index (χ4n) is 1.87. The third-order valence-corrected chi connectivity index (χ3v) is 5.22. The molecule has 0 radical (unpaired) electrons. The molecule has 0 aliphatic rings. The van der Waals surface area contributed by atoms with Crippen LogP contribution in [0.25, 0.3) is 0 Å². The minimum atomic E-state index is -3.18. The molecule has 0 fully saturated rings. The Morgan fingerprint density at radius 2 is 1.76 bits per heavy atom. The van der Waals surface area contributed by atoms with Gasteiger partial charge in [0.2, 0.25) is 0 Å². The fraction of sp³-hybridized carbons (Fsp3) is 0.200. The van der Waals surface area contributed by atoms with Crippen molar-refractivity contribution in [2.75, 3.05) is 6.26 Å². The second-order valence-corrected chi connectivity index (χ2v) is 7.71. The lowest BCUT2D eigenvalue weighted by atomic mass is 10.1. The van der Waals surface area contributed by atoms with Gasteiger partial charge in [0.15, 0.2) is 9.84 Å². The van der Waals surface area contributed by atoms with Crippen molar-refractivity contribution in [1.82, 2.24) is 0 Å². The van der Waals surface area contributed by atoms with Crippen LogP contribution >= 0.6 is 11.8 Å². The van der Waals surface area contributed by atoms with Crippen LogP contribution < -0.4 is 5.73 Å². The van der Waals surface area contributed by atoms with Gasteiger partial charge >= 0.3 is 0 Å². The molecular weight excluding hydrogens is 309 g/mol. The average Bonchev–Trinajstić information content (AvgIpc) is 2.45. The lowest BCUT2D eigenvalue weighted by Gasteiger charge is -2.08. The number of hydrogen-bond acceptors (Lipinski definition) is 4. The normalized spacial score (nSPS) is 11.6. The molecule has 3 nitrogen and oxygen atoms in total. The molecule has 0 unspecified atom stereocenters. The number of rotatable bonds is 5. The van der Waals surface area contributed by atoms with Crippen molar-refractivity contribution in [3.05, 3.63) is 59.4 Å². The van der Waals surface area contributed by atoms with Crippen LogP contribution in [-0.4, -0.2) is 14.7 Å². The van der Waals surface area contributed by atoms with E-state index in [2.05, 4.69) is 0 Å². The van der Waals surface area contributed by atoms with Gasteiger partial charge in [0, 0.05) is 23.4 Å². The zero-order valence-corrected chi connectivity index (χ0v) is 13.2. The van der Waals surface area contributed by atoms with Crippen molar-refractivity contribution < 1.29 is 12.8 Å². The van der Waals surface area contributed by atoms with E-state index in [4.69, 9.17) is 5.73 Å². The van der Waals surface area contributed by atoms with Gasteiger partial charge in [0.1, 0.15) is 5.82 Å². The molecule has 2 rings (SSSR count). The van der Waals surface area contributed by atoms with E-state index in [-0.39, 0.29) is 5.82 Å². The smallest absolute Gasteiger partial charge is 0.175 e. The highest BCUT2D eigenvalue weighted by Crippen LogP contribution is 2.26. The Balaban J connectivity index is 2.12. The van der Waals surface area contributed by atoms with Crippen molar-refractivity contribution in [1.29, 1.82) is 0 Å². The van der Waals surface area contributed by atoms with Gasteiger partial charge in [-0.3, -0.25) is 0 Å². The standard InChI is InChI=1S/C15H16FNO2S2/c1-21(18,19)15-6-4-14(5-7-15)20-10-12-8-13(16)3-2-11(12)9-17/h2-8H,9-10,17H2,1H3. The molecule has 2 aromatic carbocycles. The highest BCUT2D eigenvalue weighted by Gasteiger charge is 2.07. The fourth-order valence-corrected chi connectivity index (χ4v) is 3.42. The van der Waals surface area contributed by atoms with Crippen molar-refractivity contribution in [2.45, 2.75) is 22.1 Å². The summed E-state index contributed by atoms with van der Waals surface area (Å²) < 4.78 is 36.0. The number of thioether (sulfide) groups is 1. The lowest BCUT2D eigenvalue weighted by Crippen LogP contribution is -2.01. The van der Waals surface area contributed by atoms with Crippen LogP contribution in [-0.2, 0) is 22.1 Å². The summed E-state index contributed by atoms with van der Waals surface area (Å²) >= 11 is 1.51. The lowest BCUT2D eigenvalue weighted by molar-refractivity contribution is 0.602. The Kier molecular flexibility index (Phi) is 5.03. The van der Waals surface area contributed by atoms with Gasteiger partial charge in [-0.2, -0.15) is 0 Å². The zero-order valence-electron chi connectivity index (χ0n) is 11.5. The Hall–Kier alpha value is -1.37. The topological polar surface area (TPSA) is 60.2 Å². The minimum absolute atomic E-state index is 0.282. The molecule has 0 aliphatic heterocycles. The number of hydrogen-bond donors (Lipinski definition) is 1. The first-order valence-corrected chi connectivity index (χ1v) is 9.18. The first-order chi connectivity index (χ1) is 9.90. The maximum atomic E-state index is 13.3. The predicted molar refractivity (Wildman–Crippen MR) is 83.4 cm³/mol. The van der Waals surface area contributed by atoms with Crippen molar-refractivity contribution in [2.24, 2.45) is 5.73 Å². The molecule has 0 saturated carbocycles. The Morgan fingerprint density at radius 1 is 1.10 bits per heavy atom. The van der Waals surface area contributed by atoms with E-state index in [0.717, 1.165) is 16.0 Å². The van der Waals surface area contributed by atoms with Crippen LogP contribution in [0, 0.1) is 5.82 Å². The van der Waals surface area contributed by atoms with Gasteiger partial charge in [-0.05, 0) is 47.5 Å². The molecule has 21 heavy (non-hydrogen) atoms. The monoisotopic (exact) mass is 325 g/mol. The molecular formula is C15H16FNO2S2. The Morgan fingerprint density at radius 3 is 2.33 bits per heavy atom. The van der Waals surface area contributed by atoms with Crippen molar-refractivity contribution in [3.8, 4) is 0 Å². The predicted octanol–water partition coefficient (Wildman–Crippen LogP) is 2.98. The van der Waals surface area contributed by atoms with Crippen LogP contribution in [0.5, 0.6) is 0 Å². The molecule has 0 atom stereocenters. The summed E-state index contributed by atoms with van der Waals surface area (Å²) in [5.74, 6) is 0.304. The highest BCUT2D eigenvalue weighted by molar-refractivity contribution is 7.98. The highest BCUT2D eigenvalue weighted by atomic mass is 32.2. The largest absolute Gasteiger partial charge is 0.326 e. The maximum Gasteiger partial charge on any atom is 0.175 e. The Labute approximate surface area is 128 Å². The number of nitrogens with two attached hydrogens (primary N) is 1. The third-order valence-electron chi connectivity index (χ3n) is 3.03. The molecule has 112 valence electrons. The second kappa shape index (κ2) is 6.60. The third kappa shape index (κ3) is 4.30. The number of sulfone groups is 1. The zero-order chi connectivity index (χ0) is 15.5. The van der Waals surface area contributed by atoms with E-state index in [1.54, 1.807) is 30.3 Å². The first kappa shape index (κ1) is 16.0. The van der Waals surface area contributed by atoms with E-state index in [1.807, 2.05) is 0 Å². The summed E-state index contributed by atoms with van der Waals surface area (Å²) in [6, 6.07) is 11.2. The van der Waals surface area contributed by atoms with Crippen LogP contribution in [0.4, 0.5) is 4.39 Å². The van der Waals surface area contributed by atoms with Crippen LogP contribution in [0.2, 0.25) is 0 Å². The van der Waals surface area contributed by atoms with Gasteiger partial charge in [-0.25, -0.2) is 12.8 Å². The molecule has 0 spiro atoms. The summed E-state index contributed by atoms with van der Waals surface area (Å²) in [6.07, 6.45) is 1.18. The van der Waals surface area contributed by atoms with E-state index >= 15 is 0 Å². The molecule has 0 aromatic heterocycles. The minimum Gasteiger partial charge on any atom is -0.326 e. The first-order valence-electron chi connectivity index (χ1n) is 6.30. The number of benzene rings is 2. The van der Waals surface area contributed by atoms with E-state index in [9.17, 15) is 12.8 Å². The number of halogens is 1. The molecule has 0 bridgehead atoms. The summed E-state index contributed by atoms with van der Waals surface area (Å²) in [6.45, 7) is 0.364. The van der Waals surface area contributed by atoms with E-state index in [0.29, 0.717) is 17.2 Å².